The van der Waals surface area contributed by atoms with Gasteiger partial charge in [0.15, 0.2) is 11.5 Å². The van der Waals surface area contributed by atoms with Crippen molar-refractivity contribution < 1.29 is 22.8 Å². The highest BCUT2D eigenvalue weighted by atomic mass is 19.4. The molecule has 2 amide bonds. The summed E-state index contributed by atoms with van der Waals surface area (Å²) in [6.45, 7) is 1.53. The predicted molar refractivity (Wildman–Crippen MR) is 148 cm³/mol. The van der Waals surface area contributed by atoms with Crippen molar-refractivity contribution in [1.29, 1.82) is 0 Å². The minimum atomic E-state index is -4.60. The lowest BCUT2D eigenvalue weighted by molar-refractivity contribution is -0.137. The molecule has 0 aliphatic carbocycles. The van der Waals surface area contributed by atoms with Crippen LogP contribution in [0, 0.1) is 11.8 Å². The van der Waals surface area contributed by atoms with Gasteiger partial charge in [-0.05, 0) is 67.4 Å². The maximum absolute atomic E-state index is 13.8. The number of hydrogen-bond donors (Lipinski definition) is 3. The number of imidazole rings is 1. The monoisotopic (exact) mass is 572 g/mol. The van der Waals surface area contributed by atoms with Crippen molar-refractivity contribution in [2.75, 3.05) is 16.4 Å². The van der Waals surface area contributed by atoms with Gasteiger partial charge in [-0.1, -0.05) is 12.0 Å². The minimum Gasteiger partial charge on any atom is -0.382 e. The number of hydrogen-bond acceptors (Lipinski definition) is 7. The number of halogens is 3. The van der Waals surface area contributed by atoms with E-state index in [1.807, 2.05) is 0 Å². The summed E-state index contributed by atoms with van der Waals surface area (Å²) < 4.78 is 41.6. The van der Waals surface area contributed by atoms with Crippen LogP contribution in [0.3, 0.4) is 0 Å². The van der Waals surface area contributed by atoms with Gasteiger partial charge >= 0.3 is 11.9 Å². The molecule has 0 bridgehead atoms. The van der Waals surface area contributed by atoms with E-state index in [4.69, 9.17) is 5.73 Å². The van der Waals surface area contributed by atoms with Crippen molar-refractivity contribution in [3.8, 4) is 23.2 Å². The number of fused-ring (bicyclic) bond motifs is 1. The molecule has 11 nitrogen and oxygen atoms in total. The predicted octanol–water partition coefficient (Wildman–Crippen LogP) is 3.78. The number of nitrogens with one attached hydrogen (secondary N) is 2. The number of carbonyl (C=O) groups excluding carboxylic acids is 2. The van der Waals surface area contributed by atoms with Crippen LogP contribution in [0.4, 0.5) is 30.5 Å². The SMILES string of the molecule is CC#CC(=O)Nc1cccc(-n2c(=O)n(-c3ccc(C(=O)Nc4cc(C(F)(F)F)ccn4)cc3)c3c(N)ncnc32)c1. The summed E-state index contributed by atoms with van der Waals surface area (Å²) in [5, 5.41) is 4.96. The number of rotatable bonds is 5. The first-order chi connectivity index (χ1) is 20.1. The van der Waals surface area contributed by atoms with Gasteiger partial charge in [0.25, 0.3) is 11.8 Å². The first-order valence-corrected chi connectivity index (χ1v) is 12.1. The Morgan fingerprint density at radius 1 is 0.929 bits per heavy atom. The fourth-order valence-corrected chi connectivity index (χ4v) is 4.14. The third kappa shape index (κ3) is 5.39. The fraction of sp³-hybridized carbons (Fsp3) is 0.0714. The van der Waals surface area contributed by atoms with E-state index < -0.39 is 29.2 Å². The van der Waals surface area contributed by atoms with Crippen LogP contribution >= 0.6 is 0 Å². The van der Waals surface area contributed by atoms with Crippen molar-refractivity contribution in [1.82, 2.24) is 24.1 Å². The molecule has 0 fully saturated rings. The van der Waals surface area contributed by atoms with Crippen molar-refractivity contribution in [3.63, 3.8) is 0 Å². The highest BCUT2D eigenvalue weighted by Crippen LogP contribution is 2.30. The van der Waals surface area contributed by atoms with Gasteiger partial charge in [0.05, 0.1) is 16.9 Å². The van der Waals surface area contributed by atoms with E-state index in [9.17, 15) is 27.6 Å². The Balaban J connectivity index is 1.51. The zero-order valence-corrected chi connectivity index (χ0v) is 21.6. The average Bonchev–Trinajstić information content (AvgIpc) is 3.26. The third-order valence-corrected chi connectivity index (χ3v) is 5.97. The van der Waals surface area contributed by atoms with Gasteiger partial charge in [-0.2, -0.15) is 13.2 Å². The molecule has 5 rings (SSSR count). The number of nitrogens with two attached hydrogens (primary N) is 1. The molecule has 0 aliphatic heterocycles. The normalized spacial score (nSPS) is 11.0. The highest BCUT2D eigenvalue weighted by Gasteiger charge is 2.31. The lowest BCUT2D eigenvalue weighted by Crippen LogP contribution is -2.22. The minimum absolute atomic E-state index is 0.0102. The van der Waals surface area contributed by atoms with E-state index in [0.29, 0.717) is 17.1 Å². The summed E-state index contributed by atoms with van der Waals surface area (Å²) >= 11 is 0. The summed E-state index contributed by atoms with van der Waals surface area (Å²) in [4.78, 5) is 50.4. The van der Waals surface area contributed by atoms with Crippen LogP contribution in [0.25, 0.3) is 22.5 Å². The van der Waals surface area contributed by atoms with Crippen LogP contribution in [0.2, 0.25) is 0 Å². The standard InChI is InChI=1S/C28H19F3N8O3/c1-2-4-22(40)36-18-5-3-6-20(14-18)39-25-23(24(32)34-15-35-25)38(27(39)42)19-9-7-16(8-10-19)26(41)37-21-13-17(11-12-33-21)28(29,30)31/h3,5-15H,1H3,(H,36,40)(H2,32,34,35)(H,33,37,41). The molecule has 4 N–H and O–H groups in total. The van der Waals surface area contributed by atoms with Crippen LogP contribution < -0.4 is 22.1 Å². The Bertz CT molecular complexity index is 1970. The van der Waals surface area contributed by atoms with Gasteiger partial charge in [-0.3, -0.25) is 14.2 Å². The quantitative estimate of drug-likeness (QED) is 0.271. The molecule has 14 heteroatoms. The van der Waals surface area contributed by atoms with Crippen LogP contribution in [0.5, 0.6) is 0 Å². The molecule has 0 aliphatic rings. The van der Waals surface area contributed by atoms with Gasteiger partial charge in [0, 0.05) is 17.4 Å². The largest absolute Gasteiger partial charge is 0.416 e. The maximum atomic E-state index is 13.8. The molecule has 0 unspecified atom stereocenters. The molecule has 3 heterocycles. The number of alkyl halides is 3. The zero-order valence-electron chi connectivity index (χ0n) is 21.6. The first-order valence-electron chi connectivity index (χ1n) is 12.1. The molecule has 0 atom stereocenters. The molecule has 0 saturated heterocycles. The first kappa shape index (κ1) is 27.6. The van der Waals surface area contributed by atoms with Gasteiger partial charge in [-0.15, -0.1) is 0 Å². The van der Waals surface area contributed by atoms with Gasteiger partial charge in [0.1, 0.15) is 17.7 Å². The van der Waals surface area contributed by atoms with E-state index in [2.05, 4.69) is 37.4 Å². The summed E-state index contributed by atoms with van der Waals surface area (Å²) in [5.74, 6) is 3.38. The molecular formula is C28H19F3N8O3. The molecular weight excluding hydrogens is 553 g/mol. The second-order valence-electron chi connectivity index (χ2n) is 8.69. The van der Waals surface area contributed by atoms with E-state index in [1.165, 1.54) is 46.7 Å². The van der Waals surface area contributed by atoms with Gasteiger partial charge in [0.2, 0.25) is 0 Å². The van der Waals surface area contributed by atoms with E-state index in [0.717, 1.165) is 18.3 Å². The smallest absolute Gasteiger partial charge is 0.382 e. The summed E-state index contributed by atoms with van der Waals surface area (Å²) in [5.41, 5.74) is 6.15. The summed E-state index contributed by atoms with van der Waals surface area (Å²) in [7, 11) is 0. The Kier molecular flexibility index (Phi) is 7.15. The number of benzene rings is 2. The average molecular weight is 573 g/mol. The lowest BCUT2D eigenvalue weighted by Gasteiger charge is -2.10. The Morgan fingerprint density at radius 2 is 1.69 bits per heavy atom. The Morgan fingerprint density at radius 3 is 2.40 bits per heavy atom. The number of aromatic nitrogens is 5. The van der Waals surface area contributed by atoms with Crippen molar-refractivity contribution >= 4 is 40.3 Å². The van der Waals surface area contributed by atoms with E-state index in [-0.39, 0.29) is 28.4 Å². The second-order valence-corrected chi connectivity index (χ2v) is 8.69. The van der Waals surface area contributed by atoms with Gasteiger partial charge < -0.3 is 16.4 Å². The van der Waals surface area contributed by atoms with E-state index >= 15 is 0 Å². The lowest BCUT2D eigenvalue weighted by atomic mass is 10.2. The van der Waals surface area contributed by atoms with Crippen molar-refractivity contribution in [2.45, 2.75) is 13.1 Å². The molecule has 210 valence electrons. The second kappa shape index (κ2) is 10.9. The molecule has 0 saturated carbocycles. The summed E-state index contributed by atoms with van der Waals surface area (Å²) in [6.07, 6.45) is -2.45. The number of pyridine rings is 1. The topological polar surface area (TPSA) is 150 Å². The fourth-order valence-electron chi connectivity index (χ4n) is 4.14. The number of anilines is 3. The molecule has 5 aromatic rings. The number of amides is 2. The molecule has 2 aromatic carbocycles. The van der Waals surface area contributed by atoms with Crippen LogP contribution in [0.1, 0.15) is 22.8 Å². The molecule has 42 heavy (non-hydrogen) atoms. The van der Waals surface area contributed by atoms with Crippen LogP contribution in [-0.2, 0) is 11.0 Å². The molecule has 3 aromatic heterocycles. The third-order valence-electron chi connectivity index (χ3n) is 5.97. The summed E-state index contributed by atoms with van der Waals surface area (Å²) in [6, 6.07) is 13.7. The van der Waals surface area contributed by atoms with E-state index in [1.54, 1.807) is 24.3 Å². The maximum Gasteiger partial charge on any atom is 0.416 e. The number of carbonyl (C=O) groups is 2. The molecule has 0 spiro atoms. The zero-order chi connectivity index (χ0) is 30.0. The van der Waals surface area contributed by atoms with Crippen LogP contribution in [-0.4, -0.2) is 35.9 Å². The van der Waals surface area contributed by atoms with Gasteiger partial charge in [-0.25, -0.2) is 24.3 Å². The van der Waals surface area contributed by atoms with Crippen LogP contribution in [0.15, 0.2) is 78.0 Å². The Hall–Kier alpha value is -5.97. The van der Waals surface area contributed by atoms with Crippen molar-refractivity contribution in [3.05, 3.63) is 94.8 Å². The number of nitrogen functional groups attached to an aromatic ring is 1. The Labute approximate surface area is 234 Å². The molecule has 0 radical (unpaired) electrons. The number of nitrogens with zero attached hydrogens (tertiary/aromatic N) is 5. The van der Waals surface area contributed by atoms with Crippen molar-refractivity contribution in [2.24, 2.45) is 0 Å². The highest BCUT2D eigenvalue weighted by molar-refractivity contribution is 6.04.